The standard InChI is InChI=1S/C6H11N3O/c1-6(8-9-6)5-4-7-2-3-10-5/h5,7H,2-4H2,1H3. The molecule has 4 heteroatoms. The summed E-state index contributed by atoms with van der Waals surface area (Å²) in [4.78, 5) is 0. The smallest absolute Gasteiger partial charge is 0.215 e. The minimum atomic E-state index is -0.215. The van der Waals surface area contributed by atoms with E-state index in [0.29, 0.717) is 0 Å². The van der Waals surface area contributed by atoms with Crippen LogP contribution in [0.3, 0.4) is 0 Å². The SMILES string of the molecule is CC1(C2CNCCO2)N=N1. The minimum absolute atomic E-state index is 0.168. The Morgan fingerprint density at radius 1 is 1.60 bits per heavy atom. The van der Waals surface area contributed by atoms with E-state index in [1.807, 2.05) is 6.92 Å². The number of nitrogens with one attached hydrogen (secondary N) is 1. The van der Waals surface area contributed by atoms with Crippen LogP contribution in [0, 0.1) is 0 Å². The Kier molecular flexibility index (Phi) is 1.25. The molecule has 2 aliphatic heterocycles. The highest BCUT2D eigenvalue weighted by atomic mass is 16.5. The quantitative estimate of drug-likeness (QED) is 0.565. The van der Waals surface area contributed by atoms with E-state index in [1.54, 1.807) is 0 Å². The van der Waals surface area contributed by atoms with Crippen LogP contribution < -0.4 is 5.32 Å². The lowest BCUT2D eigenvalue weighted by molar-refractivity contribution is 0.00459. The average molecular weight is 141 g/mol. The molecule has 1 saturated heterocycles. The molecule has 2 rings (SSSR count). The summed E-state index contributed by atoms with van der Waals surface area (Å²) in [5.41, 5.74) is -0.215. The molecular formula is C6H11N3O. The van der Waals surface area contributed by atoms with Gasteiger partial charge in [-0.1, -0.05) is 0 Å². The lowest BCUT2D eigenvalue weighted by Gasteiger charge is -2.25. The van der Waals surface area contributed by atoms with Gasteiger partial charge in [-0.2, -0.15) is 10.2 Å². The van der Waals surface area contributed by atoms with E-state index in [0.717, 1.165) is 19.7 Å². The van der Waals surface area contributed by atoms with E-state index in [4.69, 9.17) is 4.74 Å². The maximum Gasteiger partial charge on any atom is 0.215 e. The van der Waals surface area contributed by atoms with Crippen molar-refractivity contribution < 1.29 is 4.74 Å². The molecule has 0 aliphatic carbocycles. The average Bonchev–Trinajstić information content (AvgIpc) is 2.72. The van der Waals surface area contributed by atoms with E-state index in [9.17, 15) is 0 Å². The Morgan fingerprint density at radius 3 is 2.90 bits per heavy atom. The van der Waals surface area contributed by atoms with Crippen molar-refractivity contribution in [2.45, 2.75) is 18.7 Å². The van der Waals surface area contributed by atoms with Crippen LogP contribution >= 0.6 is 0 Å². The first-order chi connectivity index (χ1) is 4.81. The lowest BCUT2D eigenvalue weighted by atomic mass is 10.1. The first-order valence-electron chi connectivity index (χ1n) is 3.58. The predicted octanol–water partition coefficient (Wildman–Crippen LogP) is 0.157. The monoisotopic (exact) mass is 141 g/mol. The molecule has 0 amide bonds. The summed E-state index contributed by atoms with van der Waals surface area (Å²) >= 11 is 0. The summed E-state index contributed by atoms with van der Waals surface area (Å²) in [7, 11) is 0. The van der Waals surface area contributed by atoms with Crippen molar-refractivity contribution in [3.05, 3.63) is 0 Å². The summed E-state index contributed by atoms with van der Waals surface area (Å²) in [5, 5.41) is 11.1. The van der Waals surface area contributed by atoms with Gasteiger partial charge >= 0.3 is 0 Å². The van der Waals surface area contributed by atoms with Crippen molar-refractivity contribution in [3.8, 4) is 0 Å². The van der Waals surface area contributed by atoms with Crippen LogP contribution in [0.1, 0.15) is 6.92 Å². The van der Waals surface area contributed by atoms with E-state index in [2.05, 4.69) is 15.5 Å². The van der Waals surface area contributed by atoms with Crippen LogP contribution in [-0.2, 0) is 4.74 Å². The molecule has 1 atom stereocenters. The number of ether oxygens (including phenoxy) is 1. The van der Waals surface area contributed by atoms with Crippen LogP contribution in [0.2, 0.25) is 0 Å². The molecule has 10 heavy (non-hydrogen) atoms. The molecule has 0 bridgehead atoms. The fraction of sp³-hybridized carbons (Fsp3) is 1.00. The predicted molar refractivity (Wildman–Crippen MR) is 35.9 cm³/mol. The van der Waals surface area contributed by atoms with Gasteiger partial charge in [0.15, 0.2) is 0 Å². The molecule has 0 saturated carbocycles. The maximum absolute atomic E-state index is 5.45. The molecule has 2 heterocycles. The van der Waals surface area contributed by atoms with Gasteiger partial charge in [0, 0.05) is 13.1 Å². The number of hydrogen-bond donors (Lipinski definition) is 1. The zero-order chi connectivity index (χ0) is 7.03. The highest BCUT2D eigenvalue weighted by Crippen LogP contribution is 2.33. The van der Waals surface area contributed by atoms with Gasteiger partial charge in [0.05, 0.1) is 6.61 Å². The zero-order valence-electron chi connectivity index (χ0n) is 6.00. The van der Waals surface area contributed by atoms with E-state index >= 15 is 0 Å². The van der Waals surface area contributed by atoms with Crippen molar-refractivity contribution in [3.63, 3.8) is 0 Å². The Balaban J connectivity index is 1.91. The highest BCUT2D eigenvalue weighted by molar-refractivity contribution is 4.98. The topological polar surface area (TPSA) is 46.0 Å². The molecule has 1 N–H and O–H groups in total. The van der Waals surface area contributed by atoms with Crippen LogP contribution in [0.25, 0.3) is 0 Å². The molecular weight excluding hydrogens is 130 g/mol. The molecule has 0 spiro atoms. The molecule has 4 nitrogen and oxygen atoms in total. The summed E-state index contributed by atoms with van der Waals surface area (Å²) in [6, 6.07) is 0. The van der Waals surface area contributed by atoms with E-state index in [1.165, 1.54) is 0 Å². The first kappa shape index (κ1) is 6.24. The van der Waals surface area contributed by atoms with Gasteiger partial charge in [0.2, 0.25) is 5.66 Å². The zero-order valence-corrected chi connectivity index (χ0v) is 6.00. The third-order valence-corrected chi connectivity index (χ3v) is 1.95. The highest BCUT2D eigenvalue weighted by Gasteiger charge is 2.44. The van der Waals surface area contributed by atoms with Gasteiger partial charge in [0.25, 0.3) is 0 Å². The molecule has 0 aromatic carbocycles. The van der Waals surface area contributed by atoms with Gasteiger partial charge in [0.1, 0.15) is 6.10 Å². The van der Waals surface area contributed by atoms with Crippen LogP contribution in [0.4, 0.5) is 0 Å². The largest absolute Gasteiger partial charge is 0.371 e. The third-order valence-electron chi connectivity index (χ3n) is 1.95. The molecule has 1 fully saturated rings. The van der Waals surface area contributed by atoms with Gasteiger partial charge in [-0.25, -0.2) is 0 Å². The summed E-state index contributed by atoms with van der Waals surface area (Å²) in [6.45, 7) is 4.60. The van der Waals surface area contributed by atoms with Crippen LogP contribution in [0.5, 0.6) is 0 Å². The van der Waals surface area contributed by atoms with Gasteiger partial charge in [-0.15, -0.1) is 0 Å². The molecule has 2 aliphatic rings. The van der Waals surface area contributed by atoms with Crippen LogP contribution in [0.15, 0.2) is 10.2 Å². The Hall–Kier alpha value is -0.480. The van der Waals surface area contributed by atoms with Crippen molar-refractivity contribution in [2.24, 2.45) is 10.2 Å². The summed E-state index contributed by atoms with van der Waals surface area (Å²) in [6.07, 6.45) is 0.168. The molecule has 0 aromatic rings. The summed E-state index contributed by atoms with van der Waals surface area (Å²) < 4.78 is 5.45. The number of morpholine rings is 1. The van der Waals surface area contributed by atoms with Crippen molar-refractivity contribution >= 4 is 0 Å². The molecule has 1 unspecified atom stereocenters. The van der Waals surface area contributed by atoms with Crippen molar-refractivity contribution in [2.75, 3.05) is 19.7 Å². The fourth-order valence-electron chi connectivity index (χ4n) is 1.12. The van der Waals surface area contributed by atoms with Gasteiger partial charge < -0.3 is 10.1 Å². The second-order valence-corrected chi connectivity index (χ2v) is 2.86. The molecule has 0 aromatic heterocycles. The van der Waals surface area contributed by atoms with Crippen molar-refractivity contribution in [1.29, 1.82) is 0 Å². The Morgan fingerprint density at radius 2 is 2.40 bits per heavy atom. The van der Waals surface area contributed by atoms with Crippen molar-refractivity contribution in [1.82, 2.24) is 5.32 Å². The normalized spacial score (nSPS) is 35.9. The number of rotatable bonds is 1. The maximum atomic E-state index is 5.45. The minimum Gasteiger partial charge on any atom is -0.371 e. The van der Waals surface area contributed by atoms with Gasteiger partial charge in [-0.3, -0.25) is 0 Å². The molecule has 56 valence electrons. The van der Waals surface area contributed by atoms with Gasteiger partial charge in [-0.05, 0) is 6.92 Å². The second kappa shape index (κ2) is 2.00. The first-order valence-corrected chi connectivity index (χ1v) is 3.58. The lowest BCUT2D eigenvalue weighted by Crippen LogP contribution is -2.45. The number of hydrogen-bond acceptors (Lipinski definition) is 4. The Bertz CT molecular complexity index is 156. The van der Waals surface area contributed by atoms with E-state index < -0.39 is 0 Å². The summed E-state index contributed by atoms with van der Waals surface area (Å²) in [5.74, 6) is 0. The Labute approximate surface area is 59.7 Å². The third kappa shape index (κ3) is 0.932. The van der Waals surface area contributed by atoms with E-state index in [-0.39, 0.29) is 11.8 Å². The fourth-order valence-corrected chi connectivity index (χ4v) is 1.12. The number of nitrogens with zero attached hydrogens (tertiary/aromatic N) is 2. The second-order valence-electron chi connectivity index (χ2n) is 2.86. The molecule has 0 radical (unpaired) electrons. The van der Waals surface area contributed by atoms with Crippen LogP contribution in [-0.4, -0.2) is 31.5 Å².